The van der Waals surface area contributed by atoms with Crippen LogP contribution in [0.4, 0.5) is 4.79 Å². The molecule has 3 amide bonds. The van der Waals surface area contributed by atoms with E-state index in [2.05, 4.69) is 4.99 Å². The van der Waals surface area contributed by atoms with Gasteiger partial charge in [-0.25, -0.2) is 9.37 Å². The van der Waals surface area contributed by atoms with Crippen molar-refractivity contribution in [2.75, 3.05) is 28.3 Å². The molecule has 0 radical (unpaired) electrons. The first-order valence-corrected chi connectivity index (χ1v) is 5.66. The SMILES string of the molecule is COC(C)C1=[N+](C)C2C(=O)N(C)C(=O)N(C)C2=N1. The highest BCUT2D eigenvalue weighted by Gasteiger charge is 2.52. The van der Waals surface area contributed by atoms with Crippen molar-refractivity contribution in [2.45, 2.75) is 19.1 Å². The summed E-state index contributed by atoms with van der Waals surface area (Å²) in [4.78, 5) is 30.8. The van der Waals surface area contributed by atoms with Gasteiger partial charge in [0.1, 0.15) is 0 Å². The molecule has 98 valence electrons. The summed E-state index contributed by atoms with van der Waals surface area (Å²) in [6, 6.07) is -0.903. The van der Waals surface area contributed by atoms with Gasteiger partial charge in [-0.1, -0.05) is 0 Å². The van der Waals surface area contributed by atoms with Crippen molar-refractivity contribution < 1.29 is 18.9 Å². The minimum Gasteiger partial charge on any atom is -0.369 e. The Labute approximate surface area is 105 Å². The van der Waals surface area contributed by atoms with Crippen LogP contribution in [0.3, 0.4) is 0 Å². The number of ether oxygens (including phenoxy) is 1. The van der Waals surface area contributed by atoms with Gasteiger partial charge in [-0.15, -0.1) is 0 Å². The molecule has 0 aromatic carbocycles. The molecule has 0 saturated carbocycles. The zero-order chi connectivity index (χ0) is 13.6. The van der Waals surface area contributed by atoms with Gasteiger partial charge in [-0.2, -0.15) is 0 Å². The average molecular weight is 253 g/mol. The minimum atomic E-state index is -0.537. The summed E-state index contributed by atoms with van der Waals surface area (Å²) in [5.41, 5.74) is 0. The van der Waals surface area contributed by atoms with Crippen LogP contribution in [0, 0.1) is 0 Å². The third kappa shape index (κ3) is 1.54. The predicted octanol–water partition coefficient (Wildman–Crippen LogP) is -0.633. The first-order valence-electron chi connectivity index (χ1n) is 5.66. The Kier molecular flexibility index (Phi) is 2.94. The Hall–Kier alpha value is -1.76. The zero-order valence-electron chi connectivity index (χ0n) is 11.2. The lowest BCUT2D eigenvalue weighted by molar-refractivity contribution is -0.508. The van der Waals surface area contributed by atoms with Crippen molar-refractivity contribution in [1.29, 1.82) is 0 Å². The normalized spacial score (nSPS) is 25.6. The van der Waals surface area contributed by atoms with Crippen LogP contribution in [0.1, 0.15) is 6.92 Å². The monoisotopic (exact) mass is 253 g/mol. The standard InChI is InChI=1S/C11H17N4O3/c1-6(18-5)8-12-9-7(13(8)2)10(16)15(4)11(17)14(9)3/h6-7H,1-5H3/q+1. The van der Waals surface area contributed by atoms with Crippen LogP contribution in [0.25, 0.3) is 0 Å². The maximum atomic E-state index is 12.1. The molecule has 7 nitrogen and oxygen atoms in total. The van der Waals surface area contributed by atoms with Gasteiger partial charge < -0.3 is 4.74 Å². The van der Waals surface area contributed by atoms with E-state index in [1.165, 1.54) is 11.9 Å². The Morgan fingerprint density at radius 2 is 1.94 bits per heavy atom. The summed E-state index contributed by atoms with van der Waals surface area (Å²) in [7, 11) is 6.45. The number of rotatable bonds is 2. The van der Waals surface area contributed by atoms with Gasteiger partial charge in [0.15, 0.2) is 6.10 Å². The summed E-state index contributed by atoms with van der Waals surface area (Å²) in [5.74, 6) is 0.850. The highest BCUT2D eigenvalue weighted by atomic mass is 16.5. The number of carbonyl (C=O) groups is 2. The molecular formula is C11H17N4O3+. The van der Waals surface area contributed by atoms with Crippen molar-refractivity contribution >= 4 is 23.6 Å². The van der Waals surface area contributed by atoms with Crippen molar-refractivity contribution in [3.63, 3.8) is 0 Å². The average Bonchev–Trinajstić information content (AvgIpc) is 2.71. The number of hydrogen-bond acceptors (Lipinski definition) is 4. The summed E-state index contributed by atoms with van der Waals surface area (Å²) < 4.78 is 6.98. The van der Waals surface area contributed by atoms with E-state index in [9.17, 15) is 9.59 Å². The van der Waals surface area contributed by atoms with E-state index >= 15 is 0 Å². The van der Waals surface area contributed by atoms with E-state index in [1.807, 2.05) is 6.92 Å². The molecular weight excluding hydrogens is 236 g/mol. The number of nitrogens with zero attached hydrogens (tertiary/aromatic N) is 4. The lowest BCUT2D eigenvalue weighted by Gasteiger charge is -2.30. The van der Waals surface area contributed by atoms with Crippen molar-refractivity contribution in [3.8, 4) is 0 Å². The number of amidine groups is 2. The van der Waals surface area contributed by atoms with E-state index in [4.69, 9.17) is 4.74 Å². The Morgan fingerprint density at radius 1 is 1.33 bits per heavy atom. The molecule has 7 heteroatoms. The smallest absolute Gasteiger partial charge is 0.333 e. The van der Waals surface area contributed by atoms with Gasteiger partial charge in [0.05, 0.1) is 7.05 Å². The molecule has 2 unspecified atom stereocenters. The second-order valence-electron chi connectivity index (χ2n) is 4.46. The molecule has 2 heterocycles. The van der Waals surface area contributed by atoms with Gasteiger partial charge in [0, 0.05) is 21.2 Å². The van der Waals surface area contributed by atoms with Gasteiger partial charge in [-0.05, 0) is 11.9 Å². The molecule has 0 aliphatic carbocycles. The van der Waals surface area contributed by atoms with E-state index in [0.29, 0.717) is 11.7 Å². The van der Waals surface area contributed by atoms with Crippen molar-refractivity contribution in [1.82, 2.24) is 9.80 Å². The summed E-state index contributed by atoms with van der Waals surface area (Å²) in [6.45, 7) is 1.85. The molecule has 2 rings (SSSR count). The second kappa shape index (κ2) is 4.16. The molecule has 0 N–H and O–H groups in total. The summed E-state index contributed by atoms with van der Waals surface area (Å²) >= 11 is 0. The zero-order valence-corrected chi connectivity index (χ0v) is 11.2. The van der Waals surface area contributed by atoms with Crippen LogP contribution in [0.15, 0.2) is 4.99 Å². The van der Waals surface area contributed by atoms with Crippen LogP contribution in [0.5, 0.6) is 0 Å². The van der Waals surface area contributed by atoms with Gasteiger partial charge in [0.2, 0.25) is 0 Å². The van der Waals surface area contributed by atoms with Crippen LogP contribution >= 0.6 is 0 Å². The maximum Gasteiger partial charge on any atom is 0.333 e. The highest BCUT2D eigenvalue weighted by Crippen LogP contribution is 2.19. The lowest BCUT2D eigenvalue weighted by Crippen LogP contribution is -2.61. The molecule has 18 heavy (non-hydrogen) atoms. The fourth-order valence-electron chi connectivity index (χ4n) is 2.18. The maximum absolute atomic E-state index is 12.1. The number of imide groups is 1. The minimum absolute atomic E-state index is 0.227. The van der Waals surface area contributed by atoms with E-state index in [0.717, 1.165) is 4.90 Å². The molecule has 1 saturated heterocycles. The fourth-order valence-corrected chi connectivity index (χ4v) is 2.18. The van der Waals surface area contributed by atoms with Crippen molar-refractivity contribution in [2.24, 2.45) is 4.99 Å². The van der Waals surface area contributed by atoms with E-state index in [1.54, 1.807) is 25.8 Å². The molecule has 2 aliphatic heterocycles. The molecule has 2 aliphatic rings. The topological polar surface area (TPSA) is 65.2 Å². The molecule has 0 aromatic rings. The lowest BCUT2D eigenvalue weighted by atomic mass is 10.2. The summed E-state index contributed by atoms with van der Waals surface area (Å²) in [6.07, 6.45) is -0.227. The molecule has 0 spiro atoms. The van der Waals surface area contributed by atoms with Crippen LogP contribution < -0.4 is 0 Å². The molecule has 1 fully saturated rings. The molecule has 2 atom stereocenters. The van der Waals surface area contributed by atoms with Crippen LogP contribution in [0.2, 0.25) is 0 Å². The third-order valence-electron chi connectivity index (χ3n) is 3.42. The van der Waals surface area contributed by atoms with Crippen molar-refractivity contribution in [3.05, 3.63) is 0 Å². The number of amides is 3. The summed E-state index contributed by atoms with van der Waals surface area (Å²) in [5, 5.41) is 0. The molecule has 0 aromatic heterocycles. The number of aliphatic imine (C=N–C) groups is 1. The van der Waals surface area contributed by atoms with E-state index < -0.39 is 6.04 Å². The first-order chi connectivity index (χ1) is 8.40. The van der Waals surface area contributed by atoms with E-state index in [-0.39, 0.29) is 18.0 Å². The van der Waals surface area contributed by atoms with Crippen LogP contribution in [-0.4, -0.2) is 78.4 Å². The molecule has 0 bridgehead atoms. The number of carbonyl (C=O) groups excluding carboxylic acids is 2. The Balaban J connectivity index is 2.47. The largest absolute Gasteiger partial charge is 0.369 e. The first kappa shape index (κ1) is 12.7. The third-order valence-corrected chi connectivity index (χ3v) is 3.42. The highest BCUT2D eigenvalue weighted by molar-refractivity contribution is 6.23. The Bertz CT molecular complexity index is 483. The number of methoxy groups -OCH3 is 1. The number of likely N-dealkylation sites (N-methyl/N-ethyl adjacent to an activating group) is 3. The number of urea groups is 1. The van der Waals surface area contributed by atoms with Gasteiger partial charge in [0.25, 0.3) is 17.8 Å². The predicted molar refractivity (Wildman–Crippen MR) is 64.8 cm³/mol. The quantitative estimate of drug-likeness (QED) is 0.615. The van der Waals surface area contributed by atoms with Gasteiger partial charge >= 0.3 is 11.9 Å². The number of fused-ring (bicyclic) bond motifs is 1. The Morgan fingerprint density at radius 3 is 2.50 bits per heavy atom. The fraction of sp³-hybridized carbons (Fsp3) is 0.636. The second-order valence-corrected chi connectivity index (χ2v) is 4.46. The van der Waals surface area contributed by atoms with Crippen LogP contribution in [-0.2, 0) is 9.53 Å². The number of hydrogen-bond donors (Lipinski definition) is 0. The van der Waals surface area contributed by atoms with Gasteiger partial charge in [-0.3, -0.25) is 14.6 Å².